The average molecular weight is 270 g/mol. The van der Waals surface area contributed by atoms with E-state index >= 15 is 0 Å². The predicted molar refractivity (Wildman–Crippen MR) is 76.3 cm³/mol. The summed E-state index contributed by atoms with van der Waals surface area (Å²) in [5.74, 6) is 0.734. The van der Waals surface area contributed by atoms with Crippen molar-refractivity contribution in [2.24, 2.45) is 0 Å². The summed E-state index contributed by atoms with van der Waals surface area (Å²) in [5.41, 5.74) is 2.17. The number of fused-ring (bicyclic) bond motifs is 1. The van der Waals surface area contributed by atoms with Gasteiger partial charge >= 0.3 is 0 Å². The molecule has 0 aliphatic carbocycles. The van der Waals surface area contributed by atoms with Crippen LogP contribution in [0.5, 0.6) is 5.75 Å². The van der Waals surface area contributed by atoms with Gasteiger partial charge in [-0.3, -0.25) is 0 Å². The molecule has 0 saturated carbocycles. The summed E-state index contributed by atoms with van der Waals surface area (Å²) in [7, 11) is 0. The predicted octanol–water partition coefficient (Wildman–Crippen LogP) is 3.49. The Morgan fingerprint density at radius 3 is 2.75 bits per heavy atom. The molecule has 102 valence electrons. The molecule has 0 saturated heterocycles. The van der Waals surface area contributed by atoms with Gasteiger partial charge in [-0.1, -0.05) is 18.2 Å². The van der Waals surface area contributed by atoms with Crippen LogP contribution in [0.4, 0.5) is 4.39 Å². The van der Waals surface area contributed by atoms with E-state index in [0.717, 1.165) is 23.4 Å². The highest BCUT2D eigenvalue weighted by Gasteiger charge is 2.13. The van der Waals surface area contributed by atoms with Crippen LogP contribution in [0.3, 0.4) is 0 Å². The molecule has 3 nitrogen and oxygen atoms in total. The van der Waals surface area contributed by atoms with E-state index in [-0.39, 0.29) is 11.6 Å². The van der Waals surface area contributed by atoms with Crippen LogP contribution in [-0.4, -0.2) is 14.7 Å². The second kappa shape index (κ2) is 4.96. The van der Waals surface area contributed by atoms with E-state index in [4.69, 9.17) is 0 Å². The Kier molecular flexibility index (Phi) is 3.14. The highest BCUT2D eigenvalue weighted by molar-refractivity contribution is 5.76. The summed E-state index contributed by atoms with van der Waals surface area (Å²) < 4.78 is 15.8. The minimum absolute atomic E-state index is 0.229. The Morgan fingerprint density at radius 2 is 2.00 bits per heavy atom. The first kappa shape index (κ1) is 12.7. The molecule has 0 amide bonds. The van der Waals surface area contributed by atoms with E-state index in [0.29, 0.717) is 11.9 Å². The van der Waals surface area contributed by atoms with E-state index in [2.05, 4.69) is 4.98 Å². The number of phenols is 1. The Hall–Kier alpha value is -2.36. The topological polar surface area (TPSA) is 38.0 Å². The number of rotatable bonds is 3. The van der Waals surface area contributed by atoms with Gasteiger partial charge in [0.2, 0.25) is 0 Å². The van der Waals surface area contributed by atoms with Crippen LogP contribution in [0.25, 0.3) is 11.0 Å². The highest BCUT2D eigenvalue weighted by atomic mass is 19.1. The van der Waals surface area contributed by atoms with Gasteiger partial charge < -0.3 is 9.67 Å². The zero-order valence-electron chi connectivity index (χ0n) is 11.2. The molecule has 1 heterocycles. The quantitative estimate of drug-likeness (QED) is 0.791. The smallest absolute Gasteiger partial charge is 0.151 e. The summed E-state index contributed by atoms with van der Waals surface area (Å²) in [6, 6.07) is 12.1. The molecule has 2 aromatic carbocycles. The lowest BCUT2D eigenvalue weighted by molar-refractivity contribution is 0.474. The number of aromatic hydroxyl groups is 1. The highest BCUT2D eigenvalue weighted by Crippen LogP contribution is 2.22. The minimum Gasteiger partial charge on any atom is -0.508 e. The molecule has 4 heteroatoms. The molecule has 1 aromatic heterocycles. The van der Waals surface area contributed by atoms with Crippen molar-refractivity contribution in [1.82, 2.24) is 9.55 Å². The Balaban J connectivity index is 2.09. The number of phenolic OH excluding ortho intramolecular Hbond substituents is 1. The SMILES string of the molecule is CCn1c(Cc2cccc(O)c2)nc2c(F)cccc21. The van der Waals surface area contributed by atoms with E-state index in [1.165, 1.54) is 6.07 Å². The van der Waals surface area contributed by atoms with E-state index in [9.17, 15) is 9.50 Å². The van der Waals surface area contributed by atoms with Crippen molar-refractivity contribution in [1.29, 1.82) is 0 Å². The summed E-state index contributed by atoms with van der Waals surface area (Å²) in [5, 5.41) is 9.51. The van der Waals surface area contributed by atoms with Gasteiger partial charge in [-0.25, -0.2) is 9.37 Å². The summed E-state index contributed by atoms with van der Waals surface area (Å²) in [6.45, 7) is 2.74. The van der Waals surface area contributed by atoms with Crippen LogP contribution in [0.15, 0.2) is 42.5 Å². The lowest BCUT2D eigenvalue weighted by atomic mass is 10.1. The number of nitrogens with zero attached hydrogens (tertiary/aromatic N) is 2. The van der Waals surface area contributed by atoms with Gasteiger partial charge in [0.15, 0.2) is 5.82 Å². The molecule has 0 unspecified atom stereocenters. The number of hydrogen-bond acceptors (Lipinski definition) is 2. The average Bonchev–Trinajstić information content (AvgIpc) is 2.77. The van der Waals surface area contributed by atoms with E-state index < -0.39 is 0 Å². The zero-order valence-corrected chi connectivity index (χ0v) is 11.2. The summed E-state index contributed by atoms with van der Waals surface area (Å²) in [4.78, 5) is 4.41. The van der Waals surface area contributed by atoms with Gasteiger partial charge in [-0.2, -0.15) is 0 Å². The molecule has 0 aliphatic rings. The van der Waals surface area contributed by atoms with Gasteiger partial charge in [0, 0.05) is 13.0 Å². The van der Waals surface area contributed by atoms with Crippen molar-refractivity contribution in [3.05, 3.63) is 59.7 Å². The van der Waals surface area contributed by atoms with Crippen LogP contribution in [0.2, 0.25) is 0 Å². The zero-order chi connectivity index (χ0) is 14.1. The number of aryl methyl sites for hydroxylation is 1. The fraction of sp³-hybridized carbons (Fsp3) is 0.188. The number of aromatic nitrogens is 2. The largest absolute Gasteiger partial charge is 0.508 e. The first-order valence-corrected chi connectivity index (χ1v) is 6.60. The van der Waals surface area contributed by atoms with Crippen LogP contribution >= 0.6 is 0 Å². The molecular formula is C16H15FN2O. The third-order valence-corrected chi connectivity index (χ3v) is 3.40. The first-order chi connectivity index (χ1) is 9.69. The molecule has 0 aliphatic heterocycles. The second-order valence-corrected chi connectivity index (χ2v) is 4.73. The molecule has 0 radical (unpaired) electrons. The van der Waals surface area contributed by atoms with Crippen molar-refractivity contribution >= 4 is 11.0 Å². The van der Waals surface area contributed by atoms with Crippen LogP contribution in [-0.2, 0) is 13.0 Å². The summed E-state index contributed by atoms with van der Waals surface area (Å²) >= 11 is 0. The van der Waals surface area contributed by atoms with Crippen molar-refractivity contribution in [3.8, 4) is 5.75 Å². The third-order valence-electron chi connectivity index (χ3n) is 3.40. The number of para-hydroxylation sites is 1. The molecular weight excluding hydrogens is 255 g/mol. The third kappa shape index (κ3) is 2.13. The maximum absolute atomic E-state index is 13.8. The number of hydrogen-bond donors (Lipinski definition) is 1. The second-order valence-electron chi connectivity index (χ2n) is 4.73. The van der Waals surface area contributed by atoms with Crippen molar-refractivity contribution < 1.29 is 9.50 Å². The molecule has 0 atom stereocenters. The van der Waals surface area contributed by atoms with E-state index in [1.54, 1.807) is 24.3 Å². The lowest BCUT2D eigenvalue weighted by Gasteiger charge is -2.06. The number of benzene rings is 2. The van der Waals surface area contributed by atoms with Gasteiger partial charge in [0.25, 0.3) is 0 Å². The normalized spacial score (nSPS) is 11.1. The maximum atomic E-state index is 13.8. The lowest BCUT2D eigenvalue weighted by Crippen LogP contribution is -2.02. The molecule has 20 heavy (non-hydrogen) atoms. The summed E-state index contributed by atoms with van der Waals surface area (Å²) in [6.07, 6.45) is 0.566. The van der Waals surface area contributed by atoms with Crippen LogP contribution in [0, 0.1) is 5.82 Å². The monoisotopic (exact) mass is 270 g/mol. The molecule has 3 aromatic rings. The van der Waals surface area contributed by atoms with Gasteiger partial charge in [0.1, 0.15) is 17.1 Å². The Bertz CT molecular complexity index is 764. The molecule has 0 spiro atoms. The van der Waals surface area contributed by atoms with Crippen molar-refractivity contribution in [2.75, 3.05) is 0 Å². The molecule has 3 rings (SSSR count). The Morgan fingerprint density at radius 1 is 1.20 bits per heavy atom. The fourth-order valence-corrected chi connectivity index (χ4v) is 2.50. The van der Waals surface area contributed by atoms with Gasteiger partial charge in [0.05, 0.1) is 5.52 Å². The van der Waals surface area contributed by atoms with Crippen LogP contribution < -0.4 is 0 Å². The van der Waals surface area contributed by atoms with Crippen LogP contribution in [0.1, 0.15) is 18.3 Å². The fourth-order valence-electron chi connectivity index (χ4n) is 2.50. The standard InChI is InChI=1S/C16H15FN2O/c1-2-19-14-8-4-7-13(17)16(14)18-15(19)10-11-5-3-6-12(20)9-11/h3-9,20H,2,10H2,1H3. The number of imidazole rings is 1. The first-order valence-electron chi connectivity index (χ1n) is 6.60. The minimum atomic E-state index is -0.299. The maximum Gasteiger partial charge on any atom is 0.151 e. The van der Waals surface area contributed by atoms with Crippen molar-refractivity contribution in [2.45, 2.75) is 19.9 Å². The van der Waals surface area contributed by atoms with Crippen molar-refractivity contribution in [3.63, 3.8) is 0 Å². The van der Waals surface area contributed by atoms with Gasteiger partial charge in [-0.05, 0) is 36.8 Å². The number of halogens is 1. The Labute approximate surface area is 116 Å². The molecule has 1 N–H and O–H groups in total. The van der Waals surface area contributed by atoms with Gasteiger partial charge in [-0.15, -0.1) is 0 Å². The van der Waals surface area contributed by atoms with E-state index in [1.807, 2.05) is 23.6 Å². The molecule has 0 fully saturated rings. The molecule has 0 bridgehead atoms.